The van der Waals surface area contributed by atoms with Crippen LogP contribution in [0, 0.1) is 11.7 Å². The van der Waals surface area contributed by atoms with Crippen molar-refractivity contribution in [3.63, 3.8) is 0 Å². The van der Waals surface area contributed by atoms with Crippen LogP contribution in [0.15, 0.2) is 36.7 Å². The molecule has 1 amide bonds. The summed E-state index contributed by atoms with van der Waals surface area (Å²) in [5.41, 5.74) is 1.72. The van der Waals surface area contributed by atoms with Crippen molar-refractivity contribution in [3.05, 3.63) is 42.5 Å². The summed E-state index contributed by atoms with van der Waals surface area (Å²) in [6.07, 6.45) is 6.32. The molecule has 0 radical (unpaired) electrons. The minimum absolute atomic E-state index is 0.0346. The van der Waals surface area contributed by atoms with Gasteiger partial charge in [-0.2, -0.15) is 0 Å². The van der Waals surface area contributed by atoms with Crippen molar-refractivity contribution in [2.75, 3.05) is 44.2 Å². The van der Waals surface area contributed by atoms with Crippen LogP contribution in [0.2, 0.25) is 0 Å². The number of halogens is 1. The zero-order valence-electron chi connectivity index (χ0n) is 18.0. The quantitative estimate of drug-likeness (QED) is 0.639. The Kier molecular flexibility index (Phi) is 8.13. The molecule has 30 heavy (non-hydrogen) atoms. The van der Waals surface area contributed by atoms with E-state index in [1.807, 2.05) is 0 Å². The molecule has 1 aromatic carbocycles. The van der Waals surface area contributed by atoms with Crippen molar-refractivity contribution in [1.29, 1.82) is 0 Å². The number of nitrogens with zero attached hydrogens (tertiary/aromatic N) is 4. The number of aromatic nitrogens is 2. The van der Waals surface area contributed by atoms with E-state index in [4.69, 9.17) is 0 Å². The molecule has 0 bridgehead atoms. The van der Waals surface area contributed by atoms with Crippen LogP contribution in [0.3, 0.4) is 0 Å². The van der Waals surface area contributed by atoms with E-state index in [0.717, 1.165) is 56.6 Å². The highest BCUT2D eigenvalue weighted by atomic mass is 19.1. The Morgan fingerprint density at radius 3 is 2.53 bits per heavy atom. The van der Waals surface area contributed by atoms with Crippen LogP contribution >= 0.6 is 0 Å². The molecule has 3 rings (SSSR count). The van der Waals surface area contributed by atoms with Gasteiger partial charge < -0.3 is 15.1 Å². The van der Waals surface area contributed by atoms with Crippen molar-refractivity contribution in [3.8, 4) is 11.1 Å². The van der Waals surface area contributed by atoms with Gasteiger partial charge >= 0.3 is 0 Å². The SMILES string of the molecule is CCN(CC)CCCNC(=O)[C@@H]1CCCN(c2ncc(-c3ccc(F)cc3)cn2)C1. The largest absolute Gasteiger partial charge is 0.356 e. The number of amides is 1. The molecule has 1 aromatic heterocycles. The van der Waals surface area contributed by atoms with Crippen LogP contribution in [0.25, 0.3) is 11.1 Å². The minimum atomic E-state index is -0.262. The molecule has 6 nitrogen and oxygen atoms in total. The highest BCUT2D eigenvalue weighted by molar-refractivity contribution is 5.79. The molecule has 0 saturated carbocycles. The van der Waals surface area contributed by atoms with Crippen molar-refractivity contribution in [1.82, 2.24) is 20.2 Å². The molecule has 2 heterocycles. The molecular weight excluding hydrogens is 381 g/mol. The van der Waals surface area contributed by atoms with Gasteiger partial charge in [-0.25, -0.2) is 14.4 Å². The predicted octanol–water partition coefficient (Wildman–Crippen LogP) is 3.35. The van der Waals surface area contributed by atoms with Gasteiger partial charge in [-0.15, -0.1) is 0 Å². The Hall–Kier alpha value is -2.54. The van der Waals surface area contributed by atoms with Crippen LogP contribution in [0.4, 0.5) is 10.3 Å². The normalized spacial score (nSPS) is 16.7. The zero-order chi connectivity index (χ0) is 21.3. The third-order valence-corrected chi connectivity index (χ3v) is 5.74. The van der Waals surface area contributed by atoms with Gasteiger partial charge in [0.05, 0.1) is 5.92 Å². The fourth-order valence-corrected chi connectivity index (χ4v) is 3.85. The predicted molar refractivity (Wildman–Crippen MR) is 118 cm³/mol. The highest BCUT2D eigenvalue weighted by Gasteiger charge is 2.26. The van der Waals surface area contributed by atoms with E-state index in [9.17, 15) is 9.18 Å². The monoisotopic (exact) mass is 413 g/mol. The van der Waals surface area contributed by atoms with Crippen molar-refractivity contribution >= 4 is 11.9 Å². The van der Waals surface area contributed by atoms with E-state index in [1.54, 1.807) is 24.5 Å². The molecule has 1 N–H and O–H groups in total. The van der Waals surface area contributed by atoms with Crippen LogP contribution in [-0.2, 0) is 4.79 Å². The van der Waals surface area contributed by atoms with Crippen LogP contribution in [-0.4, -0.2) is 60.0 Å². The topological polar surface area (TPSA) is 61.4 Å². The fraction of sp³-hybridized carbons (Fsp3) is 0.522. The molecule has 162 valence electrons. The molecule has 0 spiro atoms. The summed E-state index contributed by atoms with van der Waals surface area (Å²) in [5.74, 6) is 0.469. The van der Waals surface area contributed by atoms with Gasteiger partial charge in [-0.3, -0.25) is 4.79 Å². The maximum Gasteiger partial charge on any atom is 0.225 e. The van der Waals surface area contributed by atoms with Crippen LogP contribution in [0.5, 0.6) is 0 Å². The Morgan fingerprint density at radius 2 is 1.87 bits per heavy atom. The van der Waals surface area contributed by atoms with Gasteiger partial charge in [-0.05, 0) is 56.6 Å². The van der Waals surface area contributed by atoms with E-state index < -0.39 is 0 Å². The Labute approximate surface area is 178 Å². The molecule has 1 aliphatic heterocycles. The van der Waals surface area contributed by atoms with Gasteiger partial charge in [0.25, 0.3) is 0 Å². The third-order valence-electron chi connectivity index (χ3n) is 5.74. The number of rotatable bonds is 9. The number of nitrogens with one attached hydrogen (secondary N) is 1. The first-order chi connectivity index (χ1) is 14.6. The van der Waals surface area contributed by atoms with E-state index in [0.29, 0.717) is 19.0 Å². The number of piperidine rings is 1. The average molecular weight is 414 g/mol. The number of benzene rings is 1. The number of carbonyl (C=O) groups is 1. The summed E-state index contributed by atoms with van der Waals surface area (Å²) in [7, 11) is 0. The molecule has 1 fully saturated rings. The summed E-state index contributed by atoms with van der Waals surface area (Å²) >= 11 is 0. The standard InChI is InChI=1S/C23H32FN5O/c1-3-28(4-2)13-6-12-25-22(30)19-7-5-14-29(17-19)23-26-15-20(16-27-23)18-8-10-21(24)11-9-18/h8-11,15-16,19H,3-7,12-14,17H2,1-2H3,(H,25,30)/t19-/m1/s1. The van der Waals surface area contributed by atoms with Gasteiger partial charge in [0.15, 0.2) is 0 Å². The van der Waals surface area contributed by atoms with Crippen LogP contribution < -0.4 is 10.2 Å². The lowest BCUT2D eigenvalue weighted by Gasteiger charge is -2.32. The molecule has 0 aliphatic carbocycles. The minimum Gasteiger partial charge on any atom is -0.356 e. The van der Waals surface area contributed by atoms with Gasteiger partial charge in [0, 0.05) is 37.6 Å². The lowest BCUT2D eigenvalue weighted by Crippen LogP contribution is -2.44. The summed E-state index contributed by atoms with van der Waals surface area (Å²) in [6, 6.07) is 6.29. The summed E-state index contributed by atoms with van der Waals surface area (Å²) in [5, 5.41) is 3.10. The smallest absolute Gasteiger partial charge is 0.225 e. The molecule has 1 saturated heterocycles. The lowest BCUT2D eigenvalue weighted by atomic mass is 9.97. The number of hydrogen-bond donors (Lipinski definition) is 1. The van der Waals surface area contributed by atoms with E-state index in [2.05, 4.69) is 38.9 Å². The fourth-order valence-electron chi connectivity index (χ4n) is 3.85. The van der Waals surface area contributed by atoms with Crippen molar-refractivity contribution in [2.45, 2.75) is 33.1 Å². The number of carbonyl (C=O) groups excluding carboxylic acids is 1. The second kappa shape index (κ2) is 11.0. The van der Waals surface area contributed by atoms with Crippen LogP contribution in [0.1, 0.15) is 33.1 Å². The first-order valence-corrected chi connectivity index (χ1v) is 10.9. The molecule has 0 unspecified atom stereocenters. The maximum absolute atomic E-state index is 13.1. The van der Waals surface area contributed by atoms with Gasteiger partial charge in [-0.1, -0.05) is 26.0 Å². The molecule has 7 heteroatoms. The summed E-state index contributed by atoms with van der Waals surface area (Å²) in [6.45, 7) is 9.62. The Balaban J connectivity index is 1.51. The number of anilines is 1. The third kappa shape index (κ3) is 5.98. The molecular formula is C23H32FN5O. The summed E-state index contributed by atoms with van der Waals surface area (Å²) < 4.78 is 13.1. The summed E-state index contributed by atoms with van der Waals surface area (Å²) in [4.78, 5) is 26.0. The second-order valence-corrected chi connectivity index (χ2v) is 7.74. The van der Waals surface area contributed by atoms with E-state index in [-0.39, 0.29) is 17.6 Å². The van der Waals surface area contributed by atoms with E-state index in [1.165, 1.54) is 12.1 Å². The number of hydrogen-bond acceptors (Lipinski definition) is 5. The average Bonchev–Trinajstić information content (AvgIpc) is 2.80. The maximum atomic E-state index is 13.1. The van der Waals surface area contributed by atoms with Gasteiger partial charge in [0.1, 0.15) is 5.82 Å². The zero-order valence-corrected chi connectivity index (χ0v) is 18.0. The molecule has 2 aromatic rings. The lowest BCUT2D eigenvalue weighted by molar-refractivity contribution is -0.125. The Morgan fingerprint density at radius 1 is 1.17 bits per heavy atom. The van der Waals surface area contributed by atoms with E-state index >= 15 is 0 Å². The Bertz CT molecular complexity index is 792. The highest BCUT2D eigenvalue weighted by Crippen LogP contribution is 2.23. The first kappa shape index (κ1) is 22.2. The second-order valence-electron chi connectivity index (χ2n) is 7.74. The van der Waals surface area contributed by atoms with Crippen molar-refractivity contribution in [2.24, 2.45) is 5.92 Å². The van der Waals surface area contributed by atoms with Crippen molar-refractivity contribution < 1.29 is 9.18 Å². The first-order valence-electron chi connectivity index (χ1n) is 10.9. The molecule has 1 aliphatic rings. The molecule has 1 atom stereocenters. The van der Waals surface area contributed by atoms with Gasteiger partial charge in [0.2, 0.25) is 11.9 Å².